The molecule has 0 heterocycles. The Kier molecular flexibility index (Phi) is 8.73. The van der Waals surface area contributed by atoms with Crippen molar-refractivity contribution in [3.05, 3.63) is 184 Å². The summed E-state index contributed by atoms with van der Waals surface area (Å²) in [6.07, 6.45) is 0. The zero-order valence-corrected chi connectivity index (χ0v) is 30.9. The molecule has 0 saturated carbocycles. The minimum atomic E-state index is -2.90. The number of aryl methyl sites for hydroxylation is 3. The second-order valence-corrected chi connectivity index (χ2v) is 17.9. The standard InChI is InChI=1S/C48H46Si/c1-32-14-8-17-39(26-32)42-20-11-23-45(29-42)49(48-37(6)35(4)36(5)38(48)7,46-24-12-21-43(30-46)40-18-9-15-33(2)27-40)47-25-13-22-44(31-47)41-19-10-16-34(3)28-41/h8-31,37H,1-7H3. The van der Waals surface area contributed by atoms with Crippen molar-refractivity contribution in [3.8, 4) is 33.4 Å². The van der Waals surface area contributed by atoms with Gasteiger partial charge in [-0.3, -0.25) is 0 Å². The fourth-order valence-corrected chi connectivity index (χ4v) is 13.9. The van der Waals surface area contributed by atoms with Gasteiger partial charge in [-0.2, -0.15) is 0 Å². The van der Waals surface area contributed by atoms with Crippen LogP contribution >= 0.6 is 0 Å². The van der Waals surface area contributed by atoms with E-state index in [1.807, 2.05) is 0 Å². The summed E-state index contributed by atoms with van der Waals surface area (Å²) >= 11 is 0. The van der Waals surface area contributed by atoms with E-state index in [-0.39, 0.29) is 0 Å². The number of allylic oxidation sites excluding steroid dienone is 4. The quantitative estimate of drug-likeness (QED) is 0.119. The van der Waals surface area contributed by atoms with Gasteiger partial charge in [-0.05, 0) is 102 Å². The number of hydrogen-bond acceptors (Lipinski definition) is 0. The molecular weight excluding hydrogens is 605 g/mol. The van der Waals surface area contributed by atoms with Crippen molar-refractivity contribution in [2.24, 2.45) is 5.92 Å². The van der Waals surface area contributed by atoms with Crippen LogP contribution in [0.15, 0.2) is 168 Å². The highest BCUT2D eigenvalue weighted by atomic mass is 28.3. The Hall–Kier alpha value is -4.98. The molecule has 1 atom stereocenters. The third-order valence-electron chi connectivity index (χ3n) is 11.0. The van der Waals surface area contributed by atoms with Gasteiger partial charge < -0.3 is 0 Å². The van der Waals surface area contributed by atoms with Crippen LogP contribution in [0.5, 0.6) is 0 Å². The van der Waals surface area contributed by atoms with Gasteiger partial charge in [0.05, 0.1) is 0 Å². The second-order valence-electron chi connectivity index (χ2n) is 14.2. The molecule has 0 radical (unpaired) electrons. The Morgan fingerprint density at radius 1 is 0.367 bits per heavy atom. The van der Waals surface area contributed by atoms with E-state index in [1.165, 1.54) is 82.4 Å². The molecule has 0 saturated heterocycles. The van der Waals surface area contributed by atoms with E-state index in [2.05, 4.69) is 194 Å². The normalized spacial score (nSPS) is 14.9. The summed E-state index contributed by atoms with van der Waals surface area (Å²) in [5.41, 5.74) is 15.8. The molecule has 0 spiro atoms. The van der Waals surface area contributed by atoms with Crippen molar-refractivity contribution in [1.82, 2.24) is 0 Å². The lowest BCUT2D eigenvalue weighted by molar-refractivity contribution is 0.851. The molecule has 0 N–H and O–H groups in total. The third-order valence-corrected chi connectivity index (χ3v) is 16.1. The molecule has 0 aliphatic heterocycles. The summed E-state index contributed by atoms with van der Waals surface area (Å²) in [7, 11) is -2.90. The van der Waals surface area contributed by atoms with Crippen LogP contribution in [0.4, 0.5) is 0 Å². The first-order valence-electron chi connectivity index (χ1n) is 17.6. The maximum atomic E-state index is 2.52. The largest absolute Gasteiger partial charge is 0.176 e. The summed E-state index contributed by atoms with van der Waals surface area (Å²) in [4.78, 5) is 0. The molecule has 1 heteroatoms. The predicted octanol–water partition coefficient (Wildman–Crippen LogP) is 10.9. The van der Waals surface area contributed by atoms with Gasteiger partial charge in [-0.1, -0.05) is 186 Å². The lowest BCUT2D eigenvalue weighted by atomic mass is 10.0. The van der Waals surface area contributed by atoms with E-state index in [4.69, 9.17) is 0 Å². The van der Waals surface area contributed by atoms with E-state index >= 15 is 0 Å². The average Bonchev–Trinajstić information content (AvgIpc) is 3.31. The molecule has 0 fully saturated rings. The predicted molar refractivity (Wildman–Crippen MR) is 215 cm³/mol. The first kappa shape index (κ1) is 32.6. The van der Waals surface area contributed by atoms with Crippen LogP contribution in [0.25, 0.3) is 33.4 Å². The first-order valence-corrected chi connectivity index (χ1v) is 19.6. The summed E-state index contributed by atoms with van der Waals surface area (Å²) in [6, 6.07) is 55.4. The van der Waals surface area contributed by atoms with E-state index in [1.54, 1.807) is 5.20 Å². The van der Waals surface area contributed by atoms with Crippen LogP contribution in [-0.4, -0.2) is 8.07 Å². The van der Waals surface area contributed by atoms with Crippen molar-refractivity contribution in [3.63, 3.8) is 0 Å². The molecule has 1 unspecified atom stereocenters. The van der Waals surface area contributed by atoms with E-state index in [9.17, 15) is 0 Å². The van der Waals surface area contributed by atoms with Crippen molar-refractivity contribution < 1.29 is 0 Å². The second kappa shape index (κ2) is 13.1. The van der Waals surface area contributed by atoms with Gasteiger partial charge in [0.15, 0.2) is 8.07 Å². The number of benzene rings is 6. The van der Waals surface area contributed by atoms with Crippen LogP contribution in [0, 0.1) is 26.7 Å². The molecule has 1 aliphatic carbocycles. The molecule has 242 valence electrons. The van der Waals surface area contributed by atoms with E-state index in [0.29, 0.717) is 5.92 Å². The van der Waals surface area contributed by atoms with Crippen LogP contribution in [0.2, 0.25) is 0 Å². The highest BCUT2D eigenvalue weighted by Gasteiger charge is 2.48. The lowest BCUT2D eigenvalue weighted by Crippen LogP contribution is -2.69. The number of hydrogen-bond donors (Lipinski definition) is 0. The fourth-order valence-electron chi connectivity index (χ4n) is 8.21. The van der Waals surface area contributed by atoms with Crippen LogP contribution in [0.3, 0.4) is 0 Å². The van der Waals surface area contributed by atoms with Crippen molar-refractivity contribution in [1.29, 1.82) is 0 Å². The van der Waals surface area contributed by atoms with Gasteiger partial charge in [0.1, 0.15) is 0 Å². The molecule has 0 amide bonds. The summed E-state index contributed by atoms with van der Waals surface area (Å²) in [6.45, 7) is 16.1. The highest BCUT2D eigenvalue weighted by Crippen LogP contribution is 2.42. The zero-order valence-electron chi connectivity index (χ0n) is 29.9. The Labute approximate surface area is 294 Å². The maximum Gasteiger partial charge on any atom is 0.176 e. The Balaban J connectivity index is 1.60. The topological polar surface area (TPSA) is 0 Å². The SMILES string of the molecule is CC1=C(C)C(C)C([Si](c2cccc(-c3cccc(C)c3)c2)(c2cccc(-c3cccc(C)c3)c2)c2cccc(-c3cccc(C)c3)c2)=C1C. The van der Waals surface area contributed by atoms with Crippen molar-refractivity contribution in [2.45, 2.75) is 48.5 Å². The molecule has 49 heavy (non-hydrogen) atoms. The van der Waals surface area contributed by atoms with Crippen molar-refractivity contribution in [2.75, 3.05) is 0 Å². The molecule has 1 aliphatic rings. The van der Waals surface area contributed by atoms with Crippen molar-refractivity contribution >= 4 is 23.6 Å². The van der Waals surface area contributed by atoms with Gasteiger partial charge in [-0.25, -0.2) is 0 Å². The van der Waals surface area contributed by atoms with Gasteiger partial charge in [0.2, 0.25) is 0 Å². The summed E-state index contributed by atoms with van der Waals surface area (Å²) in [5, 5.41) is 5.89. The van der Waals surface area contributed by atoms with Gasteiger partial charge in [-0.15, -0.1) is 0 Å². The minimum Gasteiger partial charge on any atom is -0.0636 e. The lowest BCUT2D eigenvalue weighted by Gasteiger charge is -2.39. The molecule has 0 nitrogen and oxygen atoms in total. The summed E-state index contributed by atoms with van der Waals surface area (Å²) in [5.74, 6) is 0.333. The van der Waals surface area contributed by atoms with E-state index in [0.717, 1.165) is 0 Å². The Morgan fingerprint density at radius 2 is 0.673 bits per heavy atom. The highest BCUT2D eigenvalue weighted by molar-refractivity contribution is 7.16. The number of rotatable bonds is 7. The molecule has 6 aromatic rings. The van der Waals surface area contributed by atoms with E-state index < -0.39 is 8.07 Å². The summed E-state index contributed by atoms with van der Waals surface area (Å²) < 4.78 is 0. The average molecular weight is 651 g/mol. The smallest absolute Gasteiger partial charge is 0.0636 e. The van der Waals surface area contributed by atoms with Crippen LogP contribution in [0.1, 0.15) is 44.4 Å². The minimum absolute atomic E-state index is 0.333. The Bertz CT molecular complexity index is 2050. The van der Waals surface area contributed by atoms with Gasteiger partial charge in [0.25, 0.3) is 0 Å². The molecule has 6 aromatic carbocycles. The molecular formula is C48H46Si. The van der Waals surface area contributed by atoms with Gasteiger partial charge >= 0.3 is 0 Å². The van der Waals surface area contributed by atoms with Crippen LogP contribution in [-0.2, 0) is 0 Å². The fraction of sp³-hybridized carbons (Fsp3) is 0.167. The van der Waals surface area contributed by atoms with Crippen LogP contribution < -0.4 is 15.6 Å². The molecule has 7 rings (SSSR count). The monoisotopic (exact) mass is 650 g/mol. The molecule has 0 aromatic heterocycles. The van der Waals surface area contributed by atoms with Gasteiger partial charge in [0, 0.05) is 0 Å². The Morgan fingerprint density at radius 3 is 0.959 bits per heavy atom. The first-order chi connectivity index (χ1) is 23.7. The zero-order chi connectivity index (χ0) is 34.3. The maximum absolute atomic E-state index is 2.90. The molecule has 0 bridgehead atoms. The third kappa shape index (κ3) is 5.87.